The van der Waals surface area contributed by atoms with E-state index in [1.165, 1.54) is 7.05 Å². The highest BCUT2D eigenvalue weighted by Gasteiger charge is 2.31. The molecule has 0 fully saturated rings. The molecule has 1 amide bonds. The number of halogens is 4. The highest BCUT2D eigenvalue weighted by molar-refractivity contribution is 5.92. The summed E-state index contributed by atoms with van der Waals surface area (Å²) in [7, 11) is 1.50. The second-order valence-electron chi connectivity index (χ2n) is 3.21. The molecule has 0 atom stereocenters. The Labute approximate surface area is 106 Å². The van der Waals surface area contributed by atoms with E-state index in [0.717, 1.165) is 0 Å². The average Bonchev–Trinajstić information content (AvgIpc) is 2.20. The molecular weight excluding hydrogens is 275 g/mol. The van der Waals surface area contributed by atoms with Crippen molar-refractivity contribution in [3.63, 3.8) is 0 Å². The van der Waals surface area contributed by atoms with Gasteiger partial charge < -0.3 is 15.6 Å². The molecule has 0 saturated heterocycles. The lowest BCUT2D eigenvalue weighted by Crippen LogP contribution is -2.28. The monoisotopic (exact) mass is 285 g/mol. The van der Waals surface area contributed by atoms with Crippen LogP contribution in [0, 0.1) is 0 Å². The Morgan fingerprint density at radius 3 is 2.56 bits per heavy atom. The first-order chi connectivity index (χ1) is 7.84. The minimum Gasteiger partial charge on any atom is -0.327 e. The van der Waals surface area contributed by atoms with E-state index in [-0.39, 0.29) is 19.0 Å². The molecule has 5 nitrogen and oxygen atoms in total. The van der Waals surface area contributed by atoms with Gasteiger partial charge in [0.2, 0.25) is 5.91 Å². The lowest BCUT2D eigenvalue weighted by atomic mass is 10.2. The molecule has 0 spiro atoms. The number of rotatable bonds is 3. The molecule has 0 saturated carbocycles. The van der Waals surface area contributed by atoms with Gasteiger partial charge in [0.1, 0.15) is 5.69 Å². The van der Waals surface area contributed by atoms with Crippen LogP contribution >= 0.6 is 12.4 Å². The van der Waals surface area contributed by atoms with Gasteiger partial charge in [0.25, 0.3) is 5.56 Å². The number of carbonyl (C=O) groups excluding carboxylic acids is 1. The van der Waals surface area contributed by atoms with Crippen molar-refractivity contribution >= 4 is 24.0 Å². The Kier molecular flexibility index (Phi) is 5.86. The highest BCUT2D eigenvalue weighted by Crippen LogP contribution is 2.28. The number of H-pyrrole nitrogens is 1. The first kappa shape index (κ1) is 16.5. The summed E-state index contributed by atoms with van der Waals surface area (Å²) < 4.78 is 37.0. The van der Waals surface area contributed by atoms with Crippen LogP contribution in [0.4, 0.5) is 18.9 Å². The molecule has 18 heavy (non-hydrogen) atoms. The summed E-state index contributed by atoms with van der Waals surface area (Å²) in [6.07, 6.45) is -4.03. The third-order valence-corrected chi connectivity index (χ3v) is 1.84. The number of nitrogens with one attached hydrogen (secondary N) is 3. The SMILES string of the molecule is CNCC(=O)Nc1cc(C(F)(F)F)c[nH]c1=O.Cl. The number of aromatic nitrogens is 1. The van der Waals surface area contributed by atoms with E-state index in [1.807, 2.05) is 4.98 Å². The maximum Gasteiger partial charge on any atom is 0.417 e. The molecule has 0 aliphatic carbocycles. The van der Waals surface area contributed by atoms with Gasteiger partial charge in [-0.2, -0.15) is 13.2 Å². The minimum atomic E-state index is -4.58. The van der Waals surface area contributed by atoms with E-state index in [9.17, 15) is 22.8 Å². The van der Waals surface area contributed by atoms with E-state index in [0.29, 0.717) is 12.3 Å². The molecule has 1 heterocycles. The Morgan fingerprint density at radius 2 is 2.06 bits per heavy atom. The zero-order valence-electron chi connectivity index (χ0n) is 9.22. The van der Waals surface area contributed by atoms with Crippen LogP contribution in [0.3, 0.4) is 0 Å². The van der Waals surface area contributed by atoms with Crippen LogP contribution in [0.2, 0.25) is 0 Å². The van der Waals surface area contributed by atoms with Crippen LogP contribution in [-0.4, -0.2) is 24.5 Å². The maximum absolute atomic E-state index is 12.3. The number of hydrogen-bond acceptors (Lipinski definition) is 3. The summed E-state index contributed by atoms with van der Waals surface area (Å²) in [5.41, 5.74) is -2.25. The number of hydrogen-bond donors (Lipinski definition) is 3. The third kappa shape index (κ3) is 4.38. The molecule has 3 N–H and O–H groups in total. The zero-order chi connectivity index (χ0) is 13.1. The molecule has 0 aliphatic rings. The Hall–Kier alpha value is -1.54. The standard InChI is InChI=1S/C9H10F3N3O2.ClH/c1-13-4-7(16)15-6-2-5(9(10,11)12)3-14-8(6)17;/h2-3,13H,4H2,1H3,(H,14,17)(H,15,16);1H. The van der Waals surface area contributed by atoms with Crippen molar-refractivity contribution in [2.75, 3.05) is 18.9 Å². The van der Waals surface area contributed by atoms with E-state index in [4.69, 9.17) is 0 Å². The number of alkyl halides is 3. The summed E-state index contributed by atoms with van der Waals surface area (Å²) in [4.78, 5) is 24.2. The number of amides is 1. The quantitative estimate of drug-likeness (QED) is 0.775. The molecule has 1 aromatic rings. The molecule has 0 aliphatic heterocycles. The summed E-state index contributed by atoms with van der Waals surface area (Å²) in [5.74, 6) is -0.600. The van der Waals surface area contributed by atoms with Crippen LogP contribution in [0.1, 0.15) is 5.56 Å². The Balaban J connectivity index is 0.00000289. The van der Waals surface area contributed by atoms with Crippen molar-refractivity contribution in [3.05, 3.63) is 28.2 Å². The van der Waals surface area contributed by atoms with Crippen molar-refractivity contribution in [2.45, 2.75) is 6.18 Å². The lowest BCUT2D eigenvalue weighted by Gasteiger charge is -2.08. The van der Waals surface area contributed by atoms with Crippen molar-refractivity contribution in [3.8, 4) is 0 Å². The molecule has 0 aromatic carbocycles. The van der Waals surface area contributed by atoms with Crippen molar-refractivity contribution < 1.29 is 18.0 Å². The minimum absolute atomic E-state index is 0. The van der Waals surface area contributed by atoms with E-state index in [1.54, 1.807) is 0 Å². The maximum atomic E-state index is 12.3. The van der Waals surface area contributed by atoms with Gasteiger partial charge in [-0.1, -0.05) is 0 Å². The highest BCUT2D eigenvalue weighted by atomic mass is 35.5. The average molecular weight is 286 g/mol. The van der Waals surface area contributed by atoms with Gasteiger partial charge in [0.05, 0.1) is 12.1 Å². The summed E-state index contributed by atoms with van der Waals surface area (Å²) >= 11 is 0. The molecule has 0 bridgehead atoms. The van der Waals surface area contributed by atoms with Gasteiger partial charge in [-0.15, -0.1) is 12.4 Å². The largest absolute Gasteiger partial charge is 0.417 e. The second kappa shape index (κ2) is 6.41. The third-order valence-electron chi connectivity index (χ3n) is 1.84. The number of carbonyl (C=O) groups is 1. The van der Waals surface area contributed by atoms with Gasteiger partial charge in [-0.05, 0) is 13.1 Å². The Bertz CT molecular complexity index is 473. The van der Waals surface area contributed by atoms with Crippen LogP contribution in [0.15, 0.2) is 17.1 Å². The summed E-state index contributed by atoms with van der Waals surface area (Å²) in [5, 5.41) is 4.58. The van der Waals surface area contributed by atoms with Gasteiger partial charge in [0, 0.05) is 6.20 Å². The topological polar surface area (TPSA) is 74.0 Å². The normalized spacial score (nSPS) is 10.7. The van der Waals surface area contributed by atoms with Crippen molar-refractivity contribution in [2.24, 2.45) is 0 Å². The fraction of sp³-hybridized carbons (Fsp3) is 0.333. The van der Waals surface area contributed by atoms with Gasteiger partial charge in [0.15, 0.2) is 0 Å². The van der Waals surface area contributed by atoms with E-state index < -0.39 is 28.9 Å². The predicted octanol–water partition coefficient (Wildman–Crippen LogP) is 0.973. The fourth-order valence-electron chi connectivity index (χ4n) is 1.10. The smallest absolute Gasteiger partial charge is 0.327 e. The second-order valence-corrected chi connectivity index (χ2v) is 3.21. The molecule has 102 valence electrons. The fourth-order valence-corrected chi connectivity index (χ4v) is 1.10. The van der Waals surface area contributed by atoms with Gasteiger partial charge in [-0.25, -0.2) is 0 Å². The van der Waals surface area contributed by atoms with Gasteiger partial charge >= 0.3 is 6.18 Å². The molecule has 9 heteroatoms. The van der Waals surface area contributed by atoms with E-state index in [2.05, 4.69) is 10.6 Å². The molecule has 0 unspecified atom stereocenters. The number of aromatic amines is 1. The van der Waals surface area contributed by atoms with Crippen LogP contribution in [-0.2, 0) is 11.0 Å². The molecule has 0 radical (unpaired) electrons. The summed E-state index contributed by atoms with van der Waals surface area (Å²) in [6, 6.07) is 0.590. The predicted molar refractivity (Wildman–Crippen MR) is 61.9 cm³/mol. The van der Waals surface area contributed by atoms with Crippen LogP contribution in [0.5, 0.6) is 0 Å². The van der Waals surface area contributed by atoms with Crippen LogP contribution < -0.4 is 16.2 Å². The molecule has 1 aromatic heterocycles. The zero-order valence-corrected chi connectivity index (χ0v) is 10.0. The molecular formula is C9H11ClF3N3O2. The van der Waals surface area contributed by atoms with E-state index >= 15 is 0 Å². The van der Waals surface area contributed by atoms with Gasteiger partial charge in [-0.3, -0.25) is 9.59 Å². The van der Waals surface area contributed by atoms with Crippen LogP contribution in [0.25, 0.3) is 0 Å². The summed E-state index contributed by atoms with van der Waals surface area (Å²) in [6.45, 7) is -0.102. The first-order valence-corrected chi connectivity index (χ1v) is 4.59. The number of likely N-dealkylation sites (N-methyl/N-ethyl adjacent to an activating group) is 1. The number of anilines is 1. The number of pyridine rings is 1. The van der Waals surface area contributed by atoms with Crippen molar-refractivity contribution in [1.29, 1.82) is 0 Å². The lowest BCUT2D eigenvalue weighted by molar-refractivity contribution is -0.137. The first-order valence-electron chi connectivity index (χ1n) is 4.59. The van der Waals surface area contributed by atoms with Crippen molar-refractivity contribution in [1.82, 2.24) is 10.3 Å². The Morgan fingerprint density at radius 1 is 1.44 bits per heavy atom. The molecule has 1 rings (SSSR count).